The number of carbonyl (C=O) groups is 1. The van der Waals surface area contributed by atoms with Crippen molar-refractivity contribution < 1.29 is 13.9 Å². The third-order valence-corrected chi connectivity index (χ3v) is 3.95. The zero-order chi connectivity index (χ0) is 16.2. The Balaban J connectivity index is 1.88. The Bertz CT molecular complexity index is 816. The minimum atomic E-state index is -0.316. The van der Waals surface area contributed by atoms with Gasteiger partial charge in [0.15, 0.2) is 0 Å². The van der Waals surface area contributed by atoms with Crippen molar-refractivity contribution in [3.8, 4) is 0 Å². The molecule has 0 aliphatic rings. The summed E-state index contributed by atoms with van der Waals surface area (Å²) in [6.45, 7) is 3.97. The third-order valence-electron chi connectivity index (χ3n) is 3.95. The fourth-order valence-electron chi connectivity index (χ4n) is 2.81. The molecule has 0 radical (unpaired) electrons. The van der Waals surface area contributed by atoms with Gasteiger partial charge in [0, 0.05) is 5.39 Å². The fourth-order valence-corrected chi connectivity index (χ4v) is 2.81. The zero-order valence-corrected chi connectivity index (χ0v) is 13.5. The van der Waals surface area contributed by atoms with Crippen LogP contribution in [0.4, 0.5) is 0 Å². The van der Waals surface area contributed by atoms with Crippen LogP contribution in [0.15, 0.2) is 52.9 Å². The van der Waals surface area contributed by atoms with E-state index in [1.807, 2.05) is 18.2 Å². The molecule has 0 saturated heterocycles. The molecule has 0 N–H and O–H groups in total. The summed E-state index contributed by atoms with van der Waals surface area (Å²) < 4.78 is 10.8. The first-order valence-corrected chi connectivity index (χ1v) is 7.92. The molecule has 0 amide bonds. The van der Waals surface area contributed by atoms with E-state index in [2.05, 4.69) is 30.3 Å². The molecule has 3 aromatic rings. The summed E-state index contributed by atoms with van der Waals surface area (Å²) in [4.78, 5) is 12.1. The smallest absolute Gasteiger partial charge is 0.342 e. The van der Waals surface area contributed by atoms with E-state index in [4.69, 9.17) is 9.15 Å². The van der Waals surface area contributed by atoms with Crippen molar-refractivity contribution in [2.75, 3.05) is 6.61 Å². The molecule has 2 aromatic carbocycles. The predicted molar refractivity (Wildman–Crippen MR) is 90.8 cm³/mol. The number of hydrogen-bond donors (Lipinski definition) is 0. The molecule has 0 atom stereocenters. The molecule has 23 heavy (non-hydrogen) atoms. The first-order chi connectivity index (χ1) is 11.2. The molecule has 3 nitrogen and oxygen atoms in total. The number of esters is 1. The van der Waals surface area contributed by atoms with E-state index in [9.17, 15) is 4.79 Å². The molecular weight excluding hydrogens is 288 g/mol. The summed E-state index contributed by atoms with van der Waals surface area (Å²) in [5.41, 5.74) is 3.77. The highest BCUT2D eigenvalue weighted by Gasteiger charge is 2.19. The van der Waals surface area contributed by atoms with Gasteiger partial charge in [0.25, 0.3) is 0 Å². The maximum absolute atomic E-state index is 12.1. The van der Waals surface area contributed by atoms with E-state index in [0.29, 0.717) is 17.9 Å². The average Bonchev–Trinajstić information content (AvgIpc) is 2.89. The number of carbonyl (C=O) groups excluding carboxylic acids is 1. The summed E-state index contributed by atoms with van der Waals surface area (Å²) in [5, 5.41) is 0.839. The normalized spacial score (nSPS) is 10.9. The lowest BCUT2D eigenvalue weighted by molar-refractivity contribution is 0.0526. The van der Waals surface area contributed by atoms with Crippen LogP contribution in [0.3, 0.4) is 0 Å². The highest BCUT2D eigenvalue weighted by molar-refractivity contribution is 6.04. The highest BCUT2D eigenvalue weighted by Crippen LogP contribution is 2.27. The predicted octanol–water partition coefficient (Wildman–Crippen LogP) is 4.70. The Kier molecular flexibility index (Phi) is 4.47. The Morgan fingerprint density at radius 1 is 1.04 bits per heavy atom. The van der Waals surface area contributed by atoms with Gasteiger partial charge in [-0.15, -0.1) is 0 Å². The van der Waals surface area contributed by atoms with Crippen LogP contribution in [0.2, 0.25) is 0 Å². The standard InChI is InChI=1S/C20H20O3/c1-3-22-20(21)19-14(2)23-18-12-11-16(13-17(18)19)10-9-15-7-5-4-6-8-15/h4-8,11-13H,3,9-10H2,1-2H3. The summed E-state index contributed by atoms with van der Waals surface area (Å²) >= 11 is 0. The first-order valence-electron chi connectivity index (χ1n) is 7.92. The molecular formula is C20H20O3. The molecule has 3 heteroatoms. The van der Waals surface area contributed by atoms with Gasteiger partial charge < -0.3 is 9.15 Å². The van der Waals surface area contributed by atoms with E-state index < -0.39 is 0 Å². The third kappa shape index (κ3) is 3.29. The van der Waals surface area contributed by atoms with Gasteiger partial charge in [0.1, 0.15) is 16.9 Å². The minimum absolute atomic E-state index is 0.316. The van der Waals surface area contributed by atoms with E-state index in [-0.39, 0.29) is 5.97 Å². The second-order valence-corrected chi connectivity index (χ2v) is 5.57. The van der Waals surface area contributed by atoms with Crippen LogP contribution in [0.1, 0.15) is 34.2 Å². The van der Waals surface area contributed by atoms with Crippen LogP contribution in [-0.4, -0.2) is 12.6 Å². The van der Waals surface area contributed by atoms with Crippen LogP contribution >= 0.6 is 0 Å². The lowest BCUT2D eigenvalue weighted by Gasteiger charge is -2.04. The van der Waals surface area contributed by atoms with Gasteiger partial charge in [0.05, 0.1) is 6.61 Å². The van der Waals surface area contributed by atoms with Gasteiger partial charge in [-0.2, -0.15) is 0 Å². The Morgan fingerprint density at radius 3 is 2.52 bits per heavy atom. The Hall–Kier alpha value is -2.55. The van der Waals surface area contributed by atoms with Crippen LogP contribution in [0.5, 0.6) is 0 Å². The highest BCUT2D eigenvalue weighted by atomic mass is 16.5. The minimum Gasteiger partial charge on any atom is -0.462 e. The molecule has 0 fully saturated rings. The van der Waals surface area contributed by atoms with E-state index in [0.717, 1.165) is 23.8 Å². The molecule has 0 aliphatic carbocycles. The van der Waals surface area contributed by atoms with Crippen molar-refractivity contribution in [3.05, 3.63) is 71.0 Å². The molecule has 1 heterocycles. The van der Waals surface area contributed by atoms with E-state index in [1.165, 1.54) is 11.1 Å². The van der Waals surface area contributed by atoms with Gasteiger partial charge in [-0.1, -0.05) is 36.4 Å². The van der Waals surface area contributed by atoms with Gasteiger partial charge >= 0.3 is 5.97 Å². The molecule has 0 aliphatic heterocycles. The first kappa shape index (κ1) is 15.3. The number of ether oxygens (including phenoxy) is 1. The zero-order valence-electron chi connectivity index (χ0n) is 13.5. The summed E-state index contributed by atoms with van der Waals surface area (Å²) in [6, 6.07) is 16.4. The molecule has 1 aromatic heterocycles. The van der Waals surface area contributed by atoms with Gasteiger partial charge in [-0.05, 0) is 49.9 Å². The molecule has 118 valence electrons. The van der Waals surface area contributed by atoms with Crippen molar-refractivity contribution in [3.63, 3.8) is 0 Å². The van der Waals surface area contributed by atoms with Crippen molar-refractivity contribution in [1.29, 1.82) is 0 Å². The van der Waals surface area contributed by atoms with Crippen LogP contribution < -0.4 is 0 Å². The van der Waals surface area contributed by atoms with Gasteiger partial charge in [-0.25, -0.2) is 4.79 Å². The number of fused-ring (bicyclic) bond motifs is 1. The quantitative estimate of drug-likeness (QED) is 0.641. The SMILES string of the molecule is CCOC(=O)c1c(C)oc2ccc(CCc3ccccc3)cc12. The fraction of sp³-hybridized carbons (Fsp3) is 0.250. The summed E-state index contributed by atoms with van der Waals surface area (Å²) in [7, 11) is 0. The maximum atomic E-state index is 12.1. The van der Waals surface area contributed by atoms with E-state index >= 15 is 0 Å². The van der Waals surface area contributed by atoms with Crippen molar-refractivity contribution >= 4 is 16.9 Å². The number of aryl methyl sites for hydroxylation is 3. The van der Waals surface area contributed by atoms with Crippen LogP contribution in [0, 0.1) is 6.92 Å². The van der Waals surface area contributed by atoms with E-state index in [1.54, 1.807) is 13.8 Å². The van der Waals surface area contributed by atoms with Gasteiger partial charge in [0.2, 0.25) is 0 Å². The summed E-state index contributed by atoms with van der Waals surface area (Å²) in [5.74, 6) is 0.294. The lowest BCUT2D eigenvalue weighted by atomic mass is 10.0. The van der Waals surface area contributed by atoms with Crippen molar-refractivity contribution in [2.45, 2.75) is 26.7 Å². The molecule has 0 saturated carbocycles. The second kappa shape index (κ2) is 6.69. The Morgan fingerprint density at radius 2 is 1.78 bits per heavy atom. The average molecular weight is 308 g/mol. The van der Waals surface area contributed by atoms with Crippen LogP contribution in [-0.2, 0) is 17.6 Å². The number of furan rings is 1. The van der Waals surface area contributed by atoms with Crippen molar-refractivity contribution in [1.82, 2.24) is 0 Å². The lowest BCUT2D eigenvalue weighted by Crippen LogP contribution is -2.05. The number of hydrogen-bond acceptors (Lipinski definition) is 3. The second-order valence-electron chi connectivity index (χ2n) is 5.57. The number of rotatable bonds is 5. The monoisotopic (exact) mass is 308 g/mol. The number of benzene rings is 2. The summed E-state index contributed by atoms with van der Waals surface area (Å²) in [6.07, 6.45) is 1.89. The van der Waals surface area contributed by atoms with Crippen LogP contribution in [0.25, 0.3) is 11.0 Å². The molecule has 3 rings (SSSR count). The molecule has 0 unspecified atom stereocenters. The largest absolute Gasteiger partial charge is 0.462 e. The van der Waals surface area contributed by atoms with Gasteiger partial charge in [-0.3, -0.25) is 0 Å². The molecule has 0 bridgehead atoms. The molecule has 0 spiro atoms. The van der Waals surface area contributed by atoms with Crippen molar-refractivity contribution in [2.24, 2.45) is 0 Å². The maximum Gasteiger partial charge on any atom is 0.342 e. The Labute approximate surface area is 135 Å². The topological polar surface area (TPSA) is 39.4 Å².